The van der Waals surface area contributed by atoms with E-state index in [9.17, 15) is 18.8 Å². The molecule has 6 heteroatoms. The molecule has 1 aliphatic rings. The zero-order valence-electron chi connectivity index (χ0n) is 14.6. The number of anilines is 1. The molecule has 1 heterocycles. The van der Waals surface area contributed by atoms with Crippen molar-refractivity contribution in [1.29, 1.82) is 0 Å². The summed E-state index contributed by atoms with van der Waals surface area (Å²) in [5, 5.41) is 0. The molecule has 0 saturated heterocycles. The van der Waals surface area contributed by atoms with E-state index < -0.39 is 23.6 Å². The van der Waals surface area contributed by atoms with Crippen LogP contribution in [0.2, 0.25) is 0 Å². The van der Waals surface area contributed by atoms with Gasteiger partial charge in [0, 0.05) is 5.56 Å². The fourth-order valence-electron chi connectivity index (χ4n) is 3.04. The lowest BCUT2D eigenvalue weighted by atomic mass is 10.1. The Morgan fingerprint density at radius 1 is 0.857 bits per heavy atom. The van der Waals surface area contributed by atoms with E-state index in [-0.39, 0.29) is 23.4 Å². The minimum absolute atomic E-state index is 0.158. The molecule has 0 atom stereocenters. The van der Waals surface area contributed by atoms with Crippen molar-refractivity contribution < 1.29 is 23.5 Å². The Bertz CT molecular complexity index is 1070. The summed E-state index contributed by atoms with van der Waals surface area (Å²) >= 11 is 0. The molecule has 5 nitrogen and oxygen atoms in total. The summed E-state index contributed by atoms with van der Waals surface area (Å²) in [6.07, 6.45) is 0. The van der Waals surface area contributed by atoms with Crippen molar-refractivity contribution in [3.63, 3.8) is 0 Å². The van der Waals surface area contributed by atoms with Gasteiger partial charge in [0.05, 0.1) is 22.4 Å². The van der Waals surface area contributed by atoms with Gasteiger partial charge >= 0.3 is 5.97 Å². The van der Waals surface area contributed by atoms with Crippen LogP contribution in [0.4, 0.5) is 10.1 Å². The van der Waals surface area contributed by atoms with Crippen LogP contribution in [0.3, 0.4) is 0 Å². The summed E-state index contributed by atoms with van der Waals surface area (Å²) in [6.45, 7) is -0.219. The van der Waals surface area contributed by atoms with Gasteiger partial charge in [0.25, 0.3) is 11.8 Å². The molecule has 0 spiro atoms. The minimum atomic E-state index is -0.679. The molecule has 0 fully saturated rings. The third kappa shape index (κ3) is 3.05. The molecule has 2 amide bonds. The second-order valence-electron chi connectivity index (χ2n) is 6.21. The predicted octanol–water partition coefficient (Wildman–Crippen LogP) is 3.98. The van der Waals surface area contributed by atoms with Crippen LogP contribution in [0.1, 0.15) is 36.6 Å². The highest BCUT2D eigenvalue weighted by molar-refractivity contribution is 6.34. The third-order valence-corrected chi connectivity index (χ3v) is 4.45. The van der Waals surface area contributed by atoms with Gasteiger partial charge in [0.1, 0.15) is 12.4 Å². The van der Waals surface area contributed by atoms with Crippen molar-refractivity contribution in [2.75, 3.05) is 4.90 Å². The van der Waals surface area contributed by atoms with E-state index >= 15 is 0 Å². The summed E-state index contributed by atoms with van der Waals surface area (Å²) in [7, 11) is 0. The first kappa shape index (κ1) is 17.6. The van der Waals surface area contributed by atoms with Gasteiger partial charge in [-0.2, -0.15) is 0 Å². The molecular weight excluding hydrogens is 361 g/mol. The molecule has 28 heavy (non-hydrogen) atoms. The third-order valence-electron chi connectivity index (χ3n) is 4.45. The average Bonchev–Trinajstić information content (AvgIpc) is 2.98. The summed E-state index contributed by atoms with van der Waals surface area (Å²) in [5.41, 5.74) is 1.32. The van der Waals surface area contributed by atoms with Gasteiger partial charge < -0.3 is 4.74 Å². The topological polar surface area (TPSA) is 63.7 Å². The van der Waals surface area contributed by atoms with Crippen molar-refractivity contribution >= 4 is 23.5 Å². The number of imide groups is 1. The highest BCUT2D eigenvalue weighted by Gasteiger charge is 2.36. The first-order valence-electron chi connectivity index (χ1n) is 8.54. The smallest absolute Gasteiger partial charge is 0.338 e. The highest BCUT2D eigenvalue weighted by Crippen LogP contribution is 2.28. The number of carbonyl (C=O) groups is 3. The Hall–Kier alpha value is -3.80. The molecule has 0 bridgehead atoms. The molecule has 0 aromatic heterocycles. The van der Waals surface area contributed by atoms with Crippen LogP contribution in [-0.2, 0) is 11.3 Å². The maximum Gasteiger partial charge on any atom is 0.338 e. The van der Waals surface area contributed by atoms with E-state index in [1.807, 2.05) is 0 Å². The molecule has 3 aromatic rings. The van der Waals surface area contributed by atoms with Gasteiger partial charge in [0.15, 0.2) is 0 Å². The molecule has 0 radical (unpaired) electrons. The van der Waals surface area contributed by atoms with E-state index in [0.717, 1.165) is 4.90 Å². The molecule has 3 aromatic carbocycles. The Morgan fingerprint density at radius 3 is 2.18 bits per heavy atom. The normalized spacial score (nSPS) is 12.8. The van der Waals surface area contributed by atoms with E-state index in [0.29, 0.717) is 11.1 Å². The molecule has 0 aliphatic carbocycles. The molecule has 0 N–H and O–H groups in total. The summed E-state index contributed by atoms with van der Waals surface area (Å²) in [5.74, 6) is -2.04. The van der Waals surface area contributed by atoms with Gasteiger partial charge in [-0.25, -0.2) is 14.1 Å². The van der Waals surface area contributed by atoms with Crippen molar-refractivity contribution in [2.24, 2.45) is 0 Å². The van der Waals surface area contributed by atoms with Crippen LogP contribution in [-0.4, -0.2) is 17.8 Å². The largest absolute Gasteiger partial charge is 0.457 e. The van der Waals surface area contributed by atoms with Crippen molar-refractivity contribution in [2.45, 2.75) is 6.61 Å². The zero-order chi connectivity index (χ0) is 19.7. The number of hydrogen-bond donors (Lipinski definition) is 0. The van der Waals surface area contributed by atoms with Gasteiger partial charge in [-0.3, -0.25) is 9.59 Å². The van der Waals surface area contributed by atoms with Crippen molar-refractivity contribution in [3.05, 3.63) is 101 Å². The predicted molar refractivity (Wildman–Crippen MR) is 99.5 cm³/mol. The van der Waals surface area contributed by atoms with Crippen LogP contribution >= 0.6 is 0 Å². The standard InChI is InChI=1S/C22H14FNO4/c23-19-11-4-1-6-15(19)13-28-22(27)14-7-5-8-16(12-14)24-20(25)17-9-2-3-10-18(17)21(24)26/h1-12H,13H2. The van der Waals surface area contributed by atoms with Crippen LogP contribution in [0.5, 0.6) is 0 Å². The van der Waals surface area contributed by atoms with Crippen LogP contribution in [0, 0.1) is 5.82 Å². The van der Waals surface area contributed by atoms with Gasteiger partial charge in [0.2, 0.25) is 0 Å². The lowest BCUT2D eigenvalue weighted by molar-refractivity contribution is 0.0468. The van der Waals surface area contributed by atoms with E-state index in [4.69, 9.17) is 4.74 Å². The number of ether oxygens (including phenoxy) is 1. The fourth-order valence-corrected chi connectivity index (χ4v) is 3.04. The molecule has 1 aliphatic heterocycles. The number of fused-ring (bicyclic) bond motifs is 1. The monoisotopic (exact) mass is 375 g/mol. The van der Waals surface area contributed by atoms with Crippen molar-refractivity contribution in [3.8, 4) is 0 Å². The summed E-state index contributed by atoms with van der Waals surface area (Å²) < 4.78 is 18.8. The van der Waals surface area contributed by atoms with E-state index in [1.165, 1.54) is 24.3 Å². The Labute approximate surface area is 160 Å². The number of benzene rings is 3. The molecule has 138 valence electrons. The second kappa shape index (κ2) is 7.08. The lowest BCUT2D eigenvalue weighted by Crippen LogP contribution is -2.29. The van der Waals surface area contributed by atoms with Gasteiger partial charge in [-0.05, 0) is 36.4 Å². The van der Waals surface area contributed by atoms with Crippen molar-refractivity contribution in [1.82, 2.24) is 0 Å². The highest BCUT2D eigenvalue weighted by atomic mass is 19.1. The van der Waals surface area contributed by atoms with Gasteiger partial charge in [-0.1, -0.05) is 36.4 Å². The number of carbonyl (C=O) groups excluding carboxylic acids is 3. The number of rotatable bonds is 4. The molecule has 0 saturated carbocycles. The zero-order valence-corrected chi connectivity index (χ0v) is 14.6. The Morgan fingerprint density at radius 2 is 1.50 bits per heavy atom. The quantitative estimate of drug-likeness (QED) is 0.511. The minimum Gasteiger partial charge on any atom is -0.457 e. The number of esters is 1. The maximum atomic E-state index is 13.7. The molecule has 4 rings (SSSR count). The number of amides is 2. The van der Waals surface area contributed by atoms with Gasteiger partial charge in [-0.15, -0.1) is 0 Å². The summed E-state index contributed by atoms with van der Waals surface area (Å²) in [4.78, 5) is 38.5. The number of hydrogen-bond acceptors (Lipinski definition) is 4. The Kier molecular flexibility index (Phi) is 4.45. The molecular formula is C22H14FNO4. The summed E-state index contributed by atoms with van der Waals surface area (Å²) in [6, 6.07) is 18.6. The van der Waals surface area contributed by atoms with Crippen LogP contribution < -0.4 is 4.90 Å². The first-order valence-corrected chi connectivity index (χ1v) is 8.54. The molecule has 0 unspecified atom stereocenters. The Balaban J connectivity index is 1.55. The number of nitrogens with zero attached hydrogens (tertiary/aromatic N) is 1. The fraction of sp³-hybridized carbons (Fsp3) is 0.0455. The maximum absolute atomic E-state index is 13.7. The van der Waals surface area contributed by atoms with Crippen LogP contribution in [0.15, 0.2) is 72.8 Å². The average molecular weight is 375 g/mol. The lowest BCUT2D eigenvalue weighted by Gasteiger charge is -2.15. The number of halogens is 1. The first-order chi connectivity index (χ1) is 13.6. The van der Waals surface area contributed by atoms with E-state index in [1.54, 1.807) is 48.5 Å². The SMILES string of the molecule is O=C(OCc1ccccc1F)c1cccc(N2C(=O)c3ccccc3C2=O)c1. The van der Waals surface area contributed by atoms with E-state index in [2.05, 4.69) is 0 Å². The van der Waals surface area contributed by atoms with Crippen LogP contribution in [0.25, 0.3) is 0 Å². The second-order valence-corrected chi connectivity index (χ2v) is 6.21.